The number of aromatic nitrogens is 3. The molecule has 8 heteroatoms. The van der Waals surface area contributed by atoms with Gasteiger partial charge in [-0.3, -0.25) is 4.79 Å². The lowest BCUT2D eigenvalue weighted by Crippen LogP contribution is -2.28. The van der Waals surface area contributed by atoms with Crippen LogP contribution in [-0.2, 0) is 0 Å². The minimum Gasteiger partial charge on any atom is -0.459 e. The van der Waals surface area contributed by atoms with Crippen LogP contribution >= 0.6 is 0 Å². The van der Waals surface area contributed by atoms with E-state index < -0.39 is 0 Å². The quantitative estimate of drug-likeness (QED) is 0.571. The van der Waals surface area contributed by atoms with E-state index in [-0.39, 0.29) is 5.91 Å². The van der Waals surface area contributed by atoms with Crippen molar-refractivity contribution in [3.05, 3.63) is 60.9 Å². The molecule has 1 amide bonds. The molecule has 0 saturated carbocycles. The molecule has 0 saturated heterocycles. The highest BCUT2D eigenvalue weighted by atomic mass is 16.3. The van der Waals surface area contributed by atoms with E-state index in [2.05, 4.69) is 30.9 Å². The SMILES string of the molecule is O=C(NCCNc1cc(Nc2ccccn2)ncn1)c1ccco1. The van der Waals surface area contributed by atoms with Crippen LogP contribution in [0.2, 0.25) is 0 Å². The molecule has 24 heavy (non-hydrogen) atoms. The van der Waals surface area contributed by atoms with Crippen LogP contribution in [0, 0.1) is 0 Å². The van der Waals surface area contributed by atoms with Crippen molar-refractivity contribution < 1.29 is 9.21 Å². The second kappa shape index (κ2) is 7.73. The number of nitrogens with zero attached hydrogens (tertiary/aromatic N) is 3. The van der Waals surface area contributed by atoms with Gasteiger partial charge in [0.2, 0.25) is 0 Å². The molecule has 0 aliphatic heterocycles. The second-order valence-corrected chi connectivity index (χ2v) is 4.79. The van der Waals surface area contributed by atoms with Crippen molar-refractivity contribution in [3.63, 3.8) is 0 Å². The largest absolute Gasteiger partial charge is 0.459 e. The molecular formula is C16H16N6O2. The number of amides is 1. The van der Waals surface area contributed by atoms with E-state index >= 15 is 0 Å². The average molecular weight is 324 g/mol. The third kappa shape index (κ3) is 4.29. The summed E-state index contributed by atoms with van der Waals surface area (Å²) < 4.78 is 5.02. The Hall–Kier alpha value is -3.42. The van der Waals surface area contributed by atoms with Gasteiger partial charge in [0.25, 0.3) is 5.91 Å². The maximum absolute atomic E-state index is 11.7. The highest BCUT2D eigenvalue weighted by molar-refractivity contribution is 5.91. The number of furan rings is 1. The number of hydrogen-bond acceptors (Lipinski definition) is 7. The number of nitrogens with one attached hydrogen (secondary N) is 3. The minimum absolute atomic E-state index is 0.248. The standard InChI is InChI=1S/C16H16N6O2/c23-16(12-4-3-9-24-12)19-8-7-18-14-10-15(21-11-20-14)22-13-5-1-2-6-17-13/h1-6,9-11H,7-8H2,(H,19,23)(H2,17,18,20,21,22). The van der Waals surface area contributed by atoms with Gasteiger partial charge in [-0.25, -0.2) is 15.0 Å². The topological polar surface area (TPSA) is 105 Å². The van der Waals surface area contributed by atoms with Crippen molar-refractivity contribution in [1.82, 2.24) is 20.3 Å². The van der Waals surface area contributed by atoms with E-state index in [1.165, 1.54) is 12.6 Å². The van der Waals surface area contributed by atoms with E-state index in [9.17, 15) is 4.79 Å². The molecule has 0 radical (unpaired) electrons. The van der Waals surface area contributed by atoms with Crippen LogP contribution < -0.4 is 16.0 Å². The number of anilines is 3. The molecule has 3 N–H and O–H groups in total. The normalized spacial score (nSPS) is 10.2. The summed E-state index contributed by atoms with van der Waals surface area (Å²) in [5.74, 6) is 2.02. The van der Waals surface area contributed by atoms with Gasteiger partial charge in [0.15, 0.2) is 5.76 Å². The third-order valence-corrected chi connectivity index (χ3v) is 3.05. The molecule has 0 aromatic carbocycles. The zero-order chi connectivity index (χ0) is 16.6. The van der Waals surface area contributed by atoms with Crippen molar-refractivity contribution >= 4 is 23.4 Å². The smallest absolute Gasteiger partial charge is 0.287 e. The van der Waals surface area contributed by atoms with Gasteiger partial charge in [-0.2, -0.15) is 0 Å². The molecule has 0 bridgehead atoms. The first-order valence-electron chi connectivity index (χ1n) is 7.37. The van der Waals surface area contributed by atoms with Crippen molar-refractivity contribution in [2.75, 3.05) is 23.7 Å². The van der Waals surface area contributed by atoms with Crippen molar-refractivity contribution in [2.45, 2.75) is 0 Å². The summed E-state index contributed by atoms with van der Waals surface area (Å²) in [6, 6.07) is 10.6. The van der Waals surface area contributed by atoms with E-state index in [1.54, 1.807) is 24.4 Å². The van der Waals surface area contributed by atoms with Crippen LogP contribution in [0.15, 0.2) is 59.6 Å². The highest BCUT2D eigenvalue weighted by Crippen LogP contribution is 2.13. The van der Waals surface area contributed by atoms with Gasteiger partial charge in [-0.05, 0) is 24.3 Å². The zero-order valence-corrected chi connectivity index (χ0v) is 12.8. The van der Waals surface area contributed by atoms with Crippen LogP contribution in [0.25, 0.3) is 0 Å². The molecule has 0 aliphatic carbocycles. The van der Waals surface area contributed by atoms with Gasteiger partial charge in [0, 0.05) is 25.4 Å². The summed E-state index contributed by atoms with van der Waals surface area (Å²) in [6.07, 6.45) is 4.61. The number of carbonyl (C=O) groups excluding carboxylic acids is 1. The molecule has 8 nitrogen and oxygen atoms in total. The molecule has 3 aromatic heterocycles. The maximum atomic E-state index is 11.7. The maximum Gasteiger partial charge on any atom is 0.287 e. The number of rotatable bonds is 7. The molecule has 3 heterocycles. The Morgan fingerprint density at radius 2 is 1.92 bits per heavy atom. The van der Waals surface area contributed by atoms with Crippen LogP contribution in [0.3, 0.4) is 0 Å². The highest BCUT2D eigenvalue weighted by Gasteiger charge is 2.06. The van der Waals surface area contributed by atoms with Gasteiger partial charge in [0.1, 0.15) is 23.8 Å². The summed E-state index contributed by atoms with van der Waals surface area (Å²) in [7, 11) is 0. The number of carbonyl (C=O) groups is 1. The lowest BCUT2D eigenvalue weighted by atomic mass is 10.4. The Kier molecular flexibility index (Phi) is 4.98. The fourth-order valence-corrected chi connectivity index (χ4v) is 1.95. The van der Waals surface area contributed by atoms with Crippen LogP contribution in [0.1, 0.15) is 10.6 Å². The third-order valence-electron chi connectivity index (χ3n) is 3.05. The Balaban J connectivity index is 1.47. The van der Waals surface area contributed by atoms with Gasteiger partial charge >= 0.3 is 0 Å². The first-order valence-corrected chi connectivity index (χ1v) is 7.37. The van der Waals surface area contributed by atoms with E-state index in [4.69, 9.17) is 4.42 Å². The number of pyridine rings is 1. The predicted molar refractivity (Wildman–Crippen MR) is 89.1 cm³/mol. The molecule has 0 aliphatic rings. The average Bonchev–Trinajstić information content (AvgIpc) is 3.15. The monoisotopic (exact) mass is 324 g/mol. The lowest BCUT2D eigenvalue weighted by molar-refractivity contribution is 0.0927. The van der Waals surface area contributed by atoms with Crippen molar-refractivity contribution in [2.24, 2.45) is 0 Å². The van der Waals surface area contributed by atoms with E-state index in [1.807, 2.05) is 18.2 Å². The summed E-state index contributed by atoms with van der Waals surface area (Å²) in [4.78, 5) is 24.1. The Morgan fingerprint density at radius 3 is 2.71 bits per heavy atom. The Bertz CT molecular complexity index is 776. The van der Waals surface area contributed by atoms with E-state index in [0.717, 1.165) is 0 Å². The van der Waals surface area contributed by atoms with Gasteiger partial charge in [0.05, 0.1) is 6.26 Å². The Morgan fingerprint density at radius 1 is 1.00 bits per heavy atom. The van der Waals surface area contributed by atoms with E-state index in [0.29, 0.717) is 36.3 Å². The Labute approximate surface area is 138 Å². The van der Waals surface area contributed by atoms with Crippen molar-refractivity contribution in [1.29, 1.82) is 0 Å². The molecule has 3 rings (SSSR count). The predicted octanol–water partition coefficient (Wildman–Crippen LogP) is 2.05. The molecule has 0 fully saturated rings. The summed E-state index contributed by atoms with van der Waals surface area (Å²) in [5, 5.41) is 8.95. The molecule has 122 valence electrons. The fraction of sp³-hybridized carbons (Fsp3) is 0.125. The summed E-state index contributed by atoms with van der Waals surface area (Å²) in [5.41, 5.74) is 0. The van der Waals surface area contributed by atoms with Gasteiger partial charge < -0.3 is 20.4 Å². The minimum atomic E-state index is -0.248. The molecule has 0 atom stereocenters. The molecular weight excluding hydrogens is 308 g/mol. The first-order chi connectivity index (χ1) is 11.8. The second-order valence-electron chi connectivity index (χ2n) is 4.79. The lowest BCUT2D eigenvalue weighted by Gasteiger charge is -2.08. The fourth-order valence-electron chi connectivity index (χ4n) is 1.95. The van der Waals surface area contributed by atoms with Crippen LogP contribution in [0.5, 0.6) is 0 Å². The zero-order valence-electron chi connectivity index (χ0n) is 12.8. The summed E-state index contributed by atoms with van der Waals surface area (Å²) in [6.45, 7) is 0.957. The van der Waals surface area contributed by atoms with Crippen molar-refractivity contribution in [3.8, 4) is 0 Å². The van der Waals surface area contributed by atoms with Crippen LogP contribution in [-0.4, -0.2) is 33.9 Å². The van der Waals surface area contributed by atoms with Gasteiger partial charge in [-0.15, -0.1) is 0 Å². The van der Waals surface area contributed by atoms with Gasteiger partial charge in [-0.1, -0.05) is 6.07 Å². The van der Waals surface area contributed by atoms with Crippen LogP contribution in [0.4, 0.5) is 17.5 Å². The molecule has 3 aromatic rings. The summed E-state index contributed by atoms with van der Waals surface area (Å²) >= 11 is 0. The number of hydrogen-bond donors (Lipinski definition) is 3. The molecule has 0 spiro atoms. The molecule has 0 unspecified atom stereocenters. The first kappa shape index (κ1) is 15.5.